The second kappa shape index (κ2) is 10.8. The number of esters is 3. The van der Waals surface area contributed by atoms with Crippen LogP contribution in [0.1, 0.15) is 81.1 Å². The van der Waals surface area contributed by atoms with Crippen LogP contribution in [0.2, 0.25) is 0 Å². The van der Waals surface area contributed by atoms with Crippen LogP contribution in [0, 0.1) is 5.92 Å². The summed E-state index contributed by atoms with van der Waals surface area (Å²) >= 11 is 0. The number of carbonyl (C=O) groups excluding carboxylic acids is 3. The van der Waals surface area contributed by atoms with Crippen molar-refractivity contribution in [3.8, 4) is 0 Å². The molecule has 0 radical (unpaired) electrons. The van der Waals surface area contributed by atoms with Gasteiger partial charge in [-0.15, -0.1) is 0 Å². The number of rotatable bonds is 10. The van der Waals surface area contributed by atoms with Gasteiger partial charge < -0.3 is 19.5 Å². The molecule has 0 aliphatic carbocycles. The minimum absolute atomic E-state index is 0.00426. The maximum atomic E-state index is 12.0. The minimum Gasteiger partial charge on any atom is -0.469 e. The van der Waals surface area contributed by atoms with Crippen LogP contribution in [-0.2, 0) is 28.6 Å². The molecule has 7 heteroatoms. The Bertz CT molecular complexity index is 528. The summed E-state index contributed by atoms with van der Waals surface area (Å²) in [6.07, 6.45) is 1.91. The fourth-order valence-corrected chi connectivity index (χ4v) is 2.62. The molecule has 0 unspecified atom stereocenters. The Hall–Kier alpha value is -1.63. The van der Waals surface area contributed by atoms with Crippen molar-refractivity contribution in [2.45, 2.75) is 97.8 Å². The van der Waals surface area contributed by atoms with Gasteiger partial charge in [-0.2, -0.15) is 0 Å². The van der Waals surface area contributed by atoms with Crippen molar-refractivity contribution in [1.29, 1.82) is 0 Å². The van der Waals surface area contributed by atoms with E-state index < -0.39 is 29.1 Å². The van der Waals surface area contributed by atoms with E-state index in [4.69, 9.17) is 14.2 Å². The number of ether oxygens (including phenoxy) is 3. The molecule has 0 saturated carbocycles. The molecular weight excluding hydrogens is 362 g/mol. The summed E-state index contributed by atoms with van der Waals surface area (Å²) in [6, 6.07) is 0. The molecule has 164 valence electrons. The summed E-state index contributed by atoms with van der Waals surface area (Å²) in [4.78, 5) is 35.9. The molecule has 0 aromatic heterocycles. The van der Waals surface area contributed by atoms with E-state index in [1.165, 1.54) is 7.11 Å². The summed E-state index contributed by atoms with van der Waals surface area (Å²) < 4.78 is 15.4. The van der Waals surface area contributed by atoms with Crippen molar-refractivity contribution >= 4 is 17.9 Å². The fourth-order valence-electron chi connectivity index (χ4n) is 2.62. The Balaban J connectivity index is 4.55. The van der Waals surface area contributed by atoms with Crippen LogP contribution in [0.5, 0.6) is 0 Å². The van der Waals surface area contributed by atoms with Gasteiger partial charge in [0.15, 0.2) is 0 Å². The van der Waals surface area contributed by atoms with Crippen LogP contribution >= 0.6 is 0 Å². The van der Waals surface area contributed by atoms with Crippen molar-refractivity contribution in [1.82, 2.24) is 5.32 Å². The van der Waals surface area contributed by atoms with E-state index in [0.717, 1.165) is 6.42 Å². The number of methoxy groups -OCH3 is 1. The van der Waals surface area contributed by atoms with Gasteiger partial charge in [0.1, 0.15) is 11.2 Å². The predicted octanol–water partition coefficient (Wildman–Crippen LogP) is 3.39. The average Bonchev–Trinajstić information content (AvgIpc) is 2.47. The molecule has 0 bridgehead atoms. The molecule has 1 N–H and O–H groups in total. The standard InChI is InChI=1S/C21H39NO6/c1-19(2,3)27-16(23)13-15(18(25)26-9)11-10-12-21(7,8)22-14-17(24)28-20(4,5)6/h15,22H,10-14H2,1-9H3/t15-/m1/s1. The first kappa shape index (κ1) is 26.4. The van der Waals surface area contributed by atoms with E-state index in [1.807, 2.05) is 34.6 Å². The molecule has 7 nitrogen and oxygen atoms in total. The number of nitrogens with one attached hydrogen (secondary N) is 1. The highest BCUT2D eigenvalue weighted by atomic mass is 16.6. The van der Waals surface area contributed by atoms with Crippen molar-refractivity contribution in [3.05, 3.63) is 0 Å². The van der Waals surface area contributed by atoms with Crippen LogP contribution in [0.3, 0.4) is 0 Å². The molecule has 1 atom stereocenters. The summed E-state index contributed by atoms with van der Waals surface area (Å²) in [6.45, 7) is 14.9. The van der Waals surface area contributed by atoms with Gasteiger partial charge in [-0.05, 0) is 68.2 Å². The van der Waals surface area contributed by atoms with E-state index in [-0.39, 0.29) is 24.5 Å². The van der Waals surface area contributed by atoms with E-state index in [9.17, 15) is 14.4 Å². The normalized spacial score (nSPS) is 13.6. The predicted molar refractivity (Wildman–Crippen MR) is 108 cm³/mol. The topological polar surface area (TPSA) is 90.9 Å². The van der Waals surface area contributed by atoms with Crippen molar-refractivity contribution in [2.24, 2.45) is 5.92 Å². The largest absolute Gasteiger partial charge is 0.469 e. The maximum Gasteiger partial charge on any atom is 0.320 e. The quantitative estimate of drug-likeness (QED) is 0.443. The van der Waals surface area contributed by atoms with Gasteiger partial charge in [0.25, 0.3) is 0 Å². The average molecular weight is 402 g/mol. The first-order valence-electron chi connectivity index (χ1n) is 9.81. The first-order chi connectivity index (χ1) is 12.5. The number of hydrogen-bond acceptors (Lipinski definition) is 7. The van der Waals surface area contributed by atoms with E-state index in [2.05, 4.69) is 5.32 Å². The highest BCUT2D eigenvalue weighted by Crippen LogP contribution is 2.21. The third kappa shape index (κ3) is 13.5. The van der Waals surface area contributed by atoms with Gasteiger partial charge in [-0.1, -0.05) is 6.42 Å². The molecule has 28 heavy (non-hydrogen) atoms. The third-order valence-electron chi connectivity index (χ3n) is 3.85. The SMILES string of the molecule is COC(=O)[C@H](CCCC(C)(C)NCC(=O)OC(C)(C)C)CC(=O)OC(C)(C)C. The second-order valence-corrected chi connectivity index (χ2v) is 9.73. The van der Waals surface area contributed by atoms with Gasteiger partial charge in [0.2, 0.25) is 0 Å². The summed E-state index contributed by atoms with van der Waals surface area (Å²) in [5.74, 6) is -1.67. The Morgan fingerprint density at radius 1 is 0.857 bits per heavy atom. The zero-order valence-electron chi connectivity index (χ0n) is 19.1. The van der Waals surface area contributed by atoms with Gasteiger partial charge >= 0.3 is 17.9 Å². The fraction of sp³-hybridized carbons (Fsp3) is 0.857. The summed E-state index contributed by atoms with van der Waals surface area (Å²) in [5.41, 5.74) is -1.42. The molecule has 0 heterocycles. The van der Waals surface area contributed by atoms with Crippen molar-refractivity contribution in [2.75, 3.05) is 13.7 Å². The Morgan fingerprint density at radius 3 is 1.82 bits per heavy atom. The van der Waals surface area contributed by atoms with Crippen LogP contribution in [0.4, 0.5) is 0 Å². The zero-order chi connectivity index (χ0) is 22.2. The van der Waals surface area contributed by atoms with Crippen LogP contribution in [0.25, 0.3) is 0 Å². The van der Waals surface area contributed by atoms with Crippen LogP contribution < -0.4 is 5.32 Å². The highest BCUT2D eigenvalue weighted by Gasteiger charge is 2.27. The van der Waals surface area contributed by atoms with Crippen LogP contribution in [-0.4, -0.2) is 48.3 Å². The lowest BCUT2D eigenvalue weighted by molar-refractivity contribution is -0.160. The highest BCUT2D eigenvalue weighted by molar-refractivity contribution is 5.80. The molecule has 0 aromatic carbocycles. The molecule has 0 rings (SSSR count). The van der Waals surface area contributed by atoms with Crippen molar-refractivity contribution in [3.63, 3.8) is 0 Å². The lowest BCUT2D eigenvalue weighted by atomic mass is 9.92. The van der Waals surface area contributed by atoms with E-state index >= 15 is 0 Å². The zero-order valence-corrected chi connectivity index (χ0v) is 19.1. The van der Waals surface area contributed by atoms with E-state index in [1.54, 1.807) is 20.8 Å². The molecule has 0 amide bonds. The monoisotopic (exact) mass is 401 g/mol. The van der Waals surface area contributed by atoms with Crippen molar-refractivity contribution < 1.29 is 28.6 Å². The van der Waals surface area contributed by atoms with Gasteiger partial charge in [-0.25, -0.2) is 0 Å². The third-order valence-corrected chi connectivity index (χ3v) is 3.85. The number of carbonyl (C=O) groups is 3. The molecule has 0 aliphatic rings. The summed E-state index contributed by atoms with van der Waals surface area (Å²) in [7, 11) is 1.32. The molecule has 0 saturated heterocycles. The minimum atomic E-state index is -0.592. The van der Waals surface area contributed by atoms with Gasteiger partial charge in [0, 0.05) is 5.54 Å². The molecular formula is C21H39NO6. The molecule has 0 aliphatic heterocycles. The lowest BCUT2D eigenvalue weighted by Crippen LogP contribution is -2.43. The van der Waals surface area contributed by atoms with Gasteiger partial charge in [0.05, 0.1) is 26.0 Å². The first-order valence-corrected chi connectivity index (χ1v) is 9.81. The Morgan fingerprint density at radius 2 is 1.36 bits per heavy atom. The van der Waals surface area contributed by atoms with Crippen LogP contribution in [0.15, 0.2) is 0 Å². The van der Waals surface area contributed by atoms with Gasteiger partial charge in [-0.3, -0.25) is 14.4 Å². The van der Waals surface area contributed by atoms with E-state index in [0.29, 0.717) is 12.8 Å². The smallest absolute Gasteiger partial charge is 0.320 e. The molecule has 0 spiro atoms. The summed E-state index contributed by atoms with van der Waals surface area (Å²) in [5, 5.41) is 3.19. The second-order valence-electron chi connectivity index (χ2n) is 9.73. The Labute approximate surface area is 169 Å². The molecule has 0 fully saturated rings. The maximum absolute atomic E-state index is 12.0. The molecule has 0 aromatic rings. The Kier molecular flexibility index (Phi) is 10.2. The lowest BCUT2D eigenvalue weighted by Gasteiger charge is -2.28. The number of hydrogen-bond donors (Lipinski definition) is 1.